The number of carboxylic acid groups (broad SMARTS) is 1. The lowest BCUT2D eigenvalue weighted by Crippen LogP contribution is -2.34. The minimum atomic E-state index is -3.75. The largest absolute Gasteiger partial charge is 0.507 e. The second kappa shape index (κ2) is 15.7. The van der Waals surface area contributed by atoms with E-state index in [1.54, 1.807) is 24.3 Å². The summed E-state index contributed by atoms with van der Waals surface area (Å²) < 4.78 is 58.7. The second-order valence-electron chi connectivity index (χ2n) is 11.8. The van der Waals surface area contributed by atoms with Crippen LogP contribution in [0, 0.1) is 5.82 Å². The molecule has 0 radical (unpaired) electrons. The number of fused-ring (bicyclic) bond motifs is 1. The Labute approximate surface area is 288 Å². The minimum Gasteiger partial charge on any atom is -0.507 e. The molecule has 1 heterocycles. The molecule has 3 aromatic carbocycles. The summed E-state index contributed by atoms with van der Waals surface area (Å²) in [5, 5.41) is 21.9. The van der Waals surface area contributed by atoms with E-state index in [-0.39, 0.29) is 48.5 Å². The summed E-state index contributed by atoms with van der Waals surface area (Å²) in [6.07, 6.45) is 4.02. The van der Waals surface area contributed by atoms with Crippen LogP contribution in [0.4, 0.5) is 10.1 Å². The molecule has 0 saturated heterocycles. The van der Waals surface area contributed by atoms with Gasteiger partial charge in [-0.05, 0) is 72.7 Å². The molecule has 1 aliphatic carbocycles. The summed E-state index contributed by atoms with van der Waals surface area (Å²) in [6, 6.07) is 15.6. The van der Waals surface area contributed by atoms with Gasteiger partial charge in [0.2, 0.25) is 10.0 Å². The van der Waals surface area contributed by atoms with E-state index in [9.17, 15) is 32.3 Å². The van der Waals surface area contributed by atoms with Gasteiger partial charge in [-0.1, -0.05) is 18.2 Å². The number of hydrogen-bond donors (Lipinski definition) is 3. The number of aliphatic hydroxyl groups is 1. The molecule has 0 atom stereocenters. The van der Waals surface area contributed by atoms with Crippen molar-refractivity contribution in [1.29, 1.82) is 0 Å². The molecule has 14 heteroatoms. The fourth-order valence-corrected chi connectivity index (χ4v) is 6.42. The number of carboxylic acids is 1. The first kappa shape index (κ1) is 36.2. The van der Waals surface area contributed by atoms with Gasteiger partial charge >= 0.3 is 5.97 Å². The molecule has 0 unspecified atom stereocenters. The lowest BCUT2D eigenvalue weighted by atomic mass is 10.0. The number of hydrogen-bond acceptors (Lipinski definition) is 9. The molecular weight excluding hydrogens is 671 g/mol. The van der Waals surface area contributed by atoms with E-state index in [4.69, 9.17) is 19.0 Å². The van der Waals surface area contributed by atoms with E-state index in [1.807, 2.05) is 6.07 Å². The molecule has 1 amide bonds. The first-order valence-corrected chi connectivity index (χ1v) is 17.7. The van der Waals surface area contributed by atoms with Gasteiger partial charge in [-0.15, -0.1) is 0 Å². The molecule has 50 heavy (non-hydrogen) atoms. The maximum Gasteiger partial charge on any atom is 0.376 e. The van der Waals surface area contributed by atoms with Gasteiger partial charge in [-0.3, -0.25) is 13.9 Å². The van der Waals surface area contributed by atoms with Crippen molar-refractivity contribution in [2.75, 3.05) is 44.0 Å². The van der Waals surface area contributed by atoms with Crippen molar-refractivity contribution in [3.63, 3.8) is 0 Å². The number of rotatable bonds is 17. The minimum absolute atomic E-state index is 0.0347. The van der Waals surface area contributed by atoms with Crippen LogP contribution in [0.3, 0.4) is 0 Å². The molecule has 1 fully saturated rings. The van der Waals surface area contributed by atoms with Crippen molar-refractivity contribution < 1.29 is 51.3 Å². The van der Waals surface area contributed by atoms with Crippen LogP contribution in [0.5, 0.6) is 0 Å². The number of ether oxygens (including phenoxy) is 2. The molecule has 5 rings (SSSR count). The topological polar surface area (TPSA) is 173 Å². The van der Waals surface area contributed by atoms with E-state index >= 15 is 0 Å². The molecule has 0 spiro atoms. The van der Waals surface area contributed by atoms with Crippen LogP contribution in [0.2, 0.25) is 0 Å². The quantitative estimate of drug-likeness (QED) is 0.0557. The normalized spacial score (nSPS) is 13.4. The molecule has 1 aliphatic rings. The Morgan fingerprint density at radius 3 is 2.40 bits per heavy atom. The Bertz CT molecular complexity index is 2040. The Morgan fingerprint density at radius 2 is 1.74 bits per heavy atom. The number of carbonyl (C=O) groups is 3. The highest BCUT2D eigenvalue weighted by atomic mass is 32.2. The maximum absolute atomic E-state index is 13.7. The average molecular weight is 709 g/mol. The summed E-state index contributed by atoms with van der Waals surface area (Å²) >= 11 is 0. The second-order valence-corrected chi connectivity index (χ2v) is 13.7. The number of ketones is 1. The van der Waals surface area contributed by atoms with Gasteiger partial charge in [0.15, 0.2) is 0 Å². The van der Waals surface area contributed by atoms with E-state index in [0.717, 1.165) is 24.7 Å². The Kier molecular flexibility index (Phi) is 11.3. The van der Waals surface area contributed by atoms with E-state index in [0.29, 0.717) is 53.5 Å². The van der Waals surface area contributed by atoms with Crippen LogP contribution in [0.25, 0.3) is 28.1 Å². The fourth-order valence-electron chi connectivity index (χ4n) is 5.50. The number of aliphatic carboxylic acids is 1. The number of nitrogens with zero attached hydrogens (tertiary/aromatic N) is 1. The molecule has 1 saturated carbocycles. The van der Waals surface area contributed by atoms with Crippen LogP contribution in [-0.4, -0.2) is 76.0 Å². The highest BCUT2D eigenvalue weighted by molar-refractivity contribution is 7.92. The molecule has 1 aromatic heterocycles. The van der Waals surface area contributed by atoms with Gasteiger partial charge in [0.25, 0.3) is 11.7 Å². The zero-order valence-corrected chi connectivity index (χ0v) is 28.3. The number of benzene rings is 3. The zero-order valence-electron chi connectivity index (χ0n) is 27.5. The van der Waals surface area contributed by atoms with Crippen molar-refractivity contribution in [1.82, 2.24) is 5.32 Å². The first-order valence-electron chi connectivity index (χ1n) is 15.9. The lowest BCUT2D eigenvalue weighted by molar-refractivity contribution is -0.146. The average Bonchev–Trinajstić information content (AvgIpc) is 3.86. The van der Waals surface area contributed by atoms with Gasteiger partial charge in [0.1, 0.15) is 22.9 Å². The van der Waals surface area contributed by atoms with Gasteiger partial charge in [0.05, 0.1) is 37.3 Å². The predicted molar refractivity (Wildman–Crippen MR) is 184 cm³/mol. The highest BCUT2D eigenvalue weighted by Gasteiger charge is 2.33. The van der Waals surface area contributed by atoms with Crippen LogP contribution >= 0.6 is 0 Å². The molecule has 12 nitrogen and oxygen atoms in total. The van der Waals surface area contributed by atoms with Crippen LogP contribution in [0.15, 0.2) is 71.2 Å². The zero-order chi connectivity index (χ0) is 36.0. The van der Waals surface area contributed by atoms with Crippen molar-refractivity contribution >= 4 is 50.1 Å². The summed E-state index contributed by atoms with van der Waals surface area (Å²) in [4.78, 5) is 35.1. The number of nitrogens with one attached hydrogen (secondary N) is 1. The number of sulfonamides is 1. The third-order valence-corrected chi connectivity index (χ3v) is 9.25. The molecule has 0 bridgehead atoms. The third-order valence-electron chi connectivity index (χ3n) is 8.07. The molecule has 3 N–H and O–H groups in total. The Morgan fingerprint density at radius 1 is 1.02 bits per heavy atom. The van der Waals surface area contributed by atoms with Crippen LogP contribution in [-0.2, 0) is 35.7 Å². The summed E-state index contributed by atoms with van der Waals surface area (Å²) in [7, 11) is -2.25. The van der Waals surface area contributed by atoms with Gasteiger partial charge in [-0.2, -0.15) is 0 Å². The van der Waals surface area contributed by atoms with Gasteiger partial charge in [0, 0.05) is 48.9 Å². The number of carbonyl (C=O) groups excluding carboxylic acids is 2. The lowest BCUT2D eigenvalue weighted by Gasteiger charge is -2.25. The number of amides is 1. The fraction of sp³-hybridized carbons (Fsp3) is 0.306. The number of furan rings is 1. The standard InChI is InChI=1S/C36H37FN2O10S/c1-38-35(42)33-28-18-27(23-7-8-23)29(19-32(28)49-34(33)24-9-11-26(37)12-10-24)39(50(2,45)46)13-16-47-14-4-15-48-21-22-5-3-6-25(17-22)30(40)20-31(41)36(43)44/h3,5-6,9-12,17-20,23,40H,4,7-8,13-16,21H2,1-2H3,(H,38,42)(H,43,44). The SMILES string of the molecule is CNC(=O)c1c(-c2ccc(F)cc2)oc2cc(N(CCOCCCOCc3cccc(C(O)=CC(=O)C(=O)O)c3)S(C)(=O)=O)c(C3CC3)cc12. The monoisotopic (exact) mass is 708 g/mol. The molecular formula is C36H37FN2O10S. The third kappa shape index (κ3) is 8.75. The molecule has 0 aliphatic heterocycles. The molecule has 264 valence electrons. The summed E-state index contributed by atoms with van der Waals surface area (Å²) in [5.74, 6) is -3.82. The number of aliphatic hydroxyl groups excluding tert-OH is 1. The van der Waals surface area contributed by atoms with Crippen molar-refractivity contribution in [2.24, 2.45) is 0 Å². The van der Waals surface area contributed by atoms with E-state index in [2.05, 4.69) is 5.32 Å². The van der Waals surface area contributed by atoms with Gasteiger partial charge < -0.3 is 29.4 Å². The van der Waals surface area contributed by atoms with E-state index in [1.165, 1.54) is 41.7 Å². The van der Waals surface area contributed by atoms with Crippen molar-refractivity contribution in [2.45, 2.75) is 31.8 Å². The van der Waals surface area contributed by atoms with Crippen LogP contribution in [0.1, 0.15) is 52.2 Å². The van der Waals surface area contributed by atoms with E-state index < -0.39 is 33.4 Å². The smallest absolute Gasteiger partial charge is 0.376 e. The van der Waals surface area contributed by atoms with Crippen molar-refractivity contribution in [3.05, 3.63) is 94.8 Å². The first-order chi connectivity index (χ1) is 23.9. The number of halogens is 1. The Balaban J connectivity index is 1.23. The maximum atomic E-state index is 13.7. The summed E-state index contributed by atoms with van der Waals surface area (Å²) in [5.41, 5.74) is 3.32. The molecule has 4 aromatic rings. The predicted octanol–water partition coefficient (Wildman–Crippen LogP) is 5.42. The highest BCUT2D eigenvalue weighted by Crippen LogP contribution is 2.48. The summed E-state index contributed by atoms with van der Waals surface area (Å²) in [6.45, 7) is 0.943. The van der Waals surface area contributed by atoms with Gasteiger partial charge in [-0.25, -0.2) is 17.6 Å². The number of anilines is 1. The van der Waals surface area contributed by atoms with Crippen LogP contribution < -0.4 is 9.62 Å². The van der Waals surface area contributed by atoms with Crippen molar-refractivity contribution in [3.8, 4) is 11.3 Å². The Hall–Kier alpha value is -5.05.